The first-order valence-corrected chi connectivity index (χ1v) is 15.6. The molecule has 3 aromatic carbocycles. The predicted molar refractivity (Wildman–Crippen MR) is 168 cm³/mol. The third-order valence-corrected chi connectivity index (χ3v) is 9.87. The normalized spacial score (nSPS) is 12.4. The van der Waals surface area contributed by atoms with Gasteiger partial charge in [-0.1, -0.05) is 35.9 Å². The van der Waals surface area contributed by atoms with Crippen molar-refractivity contribution in [1.82, 2.24) is 9.29 Å². The lowest BCUT2D eigenvalue weighted by molar-refractivity contribution is -0.136. The minimum Gasteiger partial charge on any atom is -0.481 e. The van der Waals surface area contributed by atoms with Crippen molar-refractivity contribution in [3.05, 3.63) is 103 Å². The minimum atomic E-state index is -4.02. The van der Waals surface area contributed by atoms with Gasteiger partial charge in [-0.15, -0.1) is 0 Å². The molecule has 1 atom stereocenters. The van der Waals surface area contributed by atoms with Crippen molar-refractivity contribution in [3.63, 3.8) is 0 Å². The molecule has 226 valence electrons. The highest BCUT2D eigenvalue weighted by Crippen LogP contribution is 2.33. The molecule has 4 aromatic rings. The number of aliphatic carboxylic acids is 1. The summed E-state index contributed by atoms with van der Waals surface area (Å²) >= 11 is 6.30. The first-order chi connectivity index (χ1) is 20.4. The van der Waals surface area contributed by atoms with Crippen LogP contribution in [-0.4, -0.2) is 48.4 Å². The van der Waals surface area contributed by atoms with Crippen LogP contribution in [-0.2, 0) is 14.8 Å². The van der Waals surface area contributed by atoms with Crippen molar-refractivity contribution in [2.75, 3.05) is 30.3 Å². The predicted octanol–water partition coefficient (Wildman–Crippen LogP) is 4.76. The number of pyridine rings is 1. The van der Waals surface area contributed by atoms with Crippen LogP contribution in [0.2, 0.25) is 5.02 Å². The van der Waals surface area contributed by atoms with Gasteiger partial charge >= 0.3 is 5.97 Å². The highest BCUT2D eigenvalue weighted by atomic mass is 35.5. The third kappa shape index (κ3) is 6.96. The van der Waals surface area contributed by atoms with Gasteiger partial charge < -0.3 is 15.7 Å². The van der Waals surface area contributed by atoms with Gasteiger partial charge in [-0.25, -0.2) is 8.42 Å². The number of anilines is 2. The van der Waals surface area contributed by atoms with Gasteiger partial charge in [0.25, 0.3) is 10.9 Å². The van der Waals surface area contributed by atoms with Crippen LogP contribution >= 0.6 is 11.6 Å². The van der Waals surface area contributed by atoms with Gasteiger partial charge in [-0.05, 0) is 79.3 Å². The van der Waals surface area contributed by atoms with Crippen molar-refractivity contribution < 1.29 is 18.3 Å². The Hall–Kier alpha value is -4.06. The fourth-order valence-corrected chi connectivity index (χ4v) is 7.05. The van der Waals surface area contributed by atoms with Gasteiger partial charge in [0, 0.05) is 43.1 Å². The van der Waals surface area contributed by atoms with E-state index < -0.39 is 32.9 Å². The summed E-state index contributed by atoms with van der Waals surface area (Å²) in [6, 6.07) is 13.8. The van der Waals surface area contributed by atoms with E-state index in [0.717, 1.165) is 22.3 Å². The third-order valence-electron chi connectivity index (χ3n) is 7.34. The zero-order valence-electron chi connectivity index (χ0n) is 24.1. The molecule has 0 saturated heterocycles. The van der Waals surface area contributed by atoms with Crippen molar-refractivity contribution in [1.29, 1.82) is 0 Å². The summed E-state index contributed by atoms with van der Waals surface area (Å²) in [5, 5.41) is 14.8. The van der Waals surface area contributed by atoms with E-state index in [4.69, 9.17) is 16.7 Å². The highest BCUT2D eigenvalue weighted by Gasteiger charge is 2.31. The summed E-state index contributed by atoms with van der Waals surface area (Å²) in [5.74, 6) is -1.03. The van der Waals surface area contributed by atoms with E-state index in [-0.39, 0.29) is 42.3 Å². The molecular weight excluding hydrogens is 592 g/mol. The van der Waals surface area contributed by atoms with Crippen LogP contribution in [0.15, 0.2) is 75.4 Å². The Labute approximate surface area is 255 Å². The summed E-state index contributed by atoms with van der Waals surface area (Å²) in [6.07, 6.45) is 3.58. The zero-order valence-corrected chi connectivity index (χ0v) is 25.6. The van der Waals surface area contributed by atoms with Gasteiger partial charge in [-0.3, -0.25) is 19.4 Å². The van der Waals surface area contributed by atoms with Crippen LogP contribution in [0.3, 0.4) is 0 Å². The number of hydrogen-bond donors (Lipinski definition) is 3. The Morgan fingerprint density at radius 1 is 1.02 bits per heavy atom. The monoisotopic (exact) mass is 624 g/mol. The Kier molecular flexibility index (Phi) is 10.0. The molecule has 0 aliphatic heterocycles. The molecule has 0 saturated carbocycles. The van der Waals surface area contributed by atoms with Gasteiger partial charge in [0.05, 0.1) is 11.3 Å². The molecular formula is C31H33ClN4O6S. The maximum absolute atomic E-state index is 14.1. The lowest BCUT2D eigenvalue weighted by atomic mass is 9.98. The van der Waals surface area contributed by atoms with E-state index in [2.05, 4.69) is 15.6 Å². The maximum Gasteiger partial charge on any atom is 0.305 e. The van der Waals surface area contributed by atoms with Crippen molar-refractivity contribution in [3.8, 4) is 11.1 Å². The Morgan fingerprint density at radius 2 is 1.70 bits per heavy atom. The van der Waals surface area contributed by atoms with Crippen molar-refractivity contribution in [2.45, 2.75) is 44.6 Å². The summed E-state index contributed by atoms with van der Waals surface area (Å²) in [7, 11) is -4.02. The molecule has 0 aliphatic carbocycles. The van der Waals surface area contributed by atoms with Crippen molar-refractivity contribution in [2.24, 2.45) is 0 Å². The Morgan fingerprint density at radius 3 is 2.37 bits per heavy atom. The maximum atomic E-state index is 14.1. The molecule has 1 heterocycles. The fraction of sp³-hybridized carbons (Fsp3) is 0.290. The van der Waals surface area contributed by atoms with E-state index in [1.54, 1.807) is 31.5 Å². The molecule has 12 heteroatoms. The number of benzene rings is 2. The second-order valence-electron chi connectivity index (χ2n) is 10.2. The topological polar surface area (TPSA) is 146 Å². The molecule has 43 heavy (non-hydrogen) atoms. The van der Waals surface area contributed by atoms with Crippen molar-refractivity contribution >= 4 is 39.0 Å². The molecule has 1 unspecified atom stereocenters. The summed E-state index contributed by atoms with van der Waals surface area (Å²) < 4.78 is 29.7. The molecule has 0 fully saturated rings. The van der Waals surface area contributed by atoms with Crippen LogP contribution in [0.1, 0.15) is 42.5 Å². The van der Waals surface area contributed by atoms with Crippen LogP contribution < -0.4 is 21.5 Å². The molecule has 0 aliphatic rings. The number of carbonyl (C=O) groups is 1. The van der Waals surface area contributed by atoms with Gasteiger partial charge in [-0.2, -0.15) is 4.31 Å². The van der Waals surface area contributed by atoms with E-state index in [0.29, 0.717) is 17.0 Å². The number of nitrogens with zero attached hydrogens (tertiary/aromatic N) is 2. The van der Waals surface area contributed by atoms with Gasteiger partial charge in [0.15, 0.2) is 0 Å². The average Bonchev–Trinajstić information content (AvgIpc) is 2.98. The lowest BCUT2D eigenvalue weighted by Gasteiger charge is -2.30. The number of nitrogens with one attached hydrogen (secondary N) is 2. The van der Waals surface area contributed by atoms with Crippen LogP contribution in [0, 0.1) is 13.8 Å². The number of aryl methyl sites for hydroxylation is 1. The first-order valence-electron chi connectivity index (χ1n) is 13.7. The molecule has 4 rings (SSSR count). The molecule has 10 nitrogen and oxygen atoms in total. The van der Waals surface area contributed by atoms with Crippen LogP contribution in [0.25, 0.3) is 11.1 Å². The first kappa shape index (κ1) is 31.9. The van der Waals surface area contributed by atoms with E-state index in [9.17, 15) is 22.8 Å². The number of carboxylic acids is 1. The largest absolute Gasteiger partial charge is 0.481 e. The summed E-state index contributed by atoms with van der Waals surface area (Å²) in [6.45, 7) is 5.74. The Bertz CT molecular complexity index is 1820. The lowest BCUT2D eigenvalue weighted by Crippen LogP contribution is -2.39. The molecule has 1 aromatic heterocycles. The SMILES string of the molecule is Cc1cnccc1-c1cccc(C(C)N(CCCNc2c(NCCC(=O)O)c(=O)c2=O)S(=O)(=O)c2cccc(Cl)c2C)c1. The number of halogens is 1. The smallest absolute Gasteiger partial charge is 0.305 e. The zero-order chi connectivity index (χ0) is 31.3. The standard InChI is InChI=1S/C31H33ClN4O6S/c1-19-18-33-14-11-24(19)23-8-4-7-22(17-23)21(3)36(43(41,42)26-10-5-9-25(32)20(26)2)16-6-13-34-28-29(31(40)30(28)39)35-15-12-27(37)38/h4-5,7-11,14,17-18,21,34-35H,6,12-13,15-16H2,1-3H3,(H,37,38). The fourth-order valence-electron chi connectivity index (χ4n) is 4.92. The van der Waals surface area contributed by atoms with Gasteiger partial charge in [0.2, 0.25) is 10.0 Å². The second kappa shape index (κ2) is 13.5. The average molecular weight is 625 g/mol. The summed E-state index contributed by atoms with van der Waals surface area (Å²) in [4.78, 5) is 39.2. The van der Waals surface area contributed by atoms with Crippen LogP contribution in [0.5, 0.6) is 0 Å². The quantitative estimate of drug-likeness (QED) is 0.134. The van der Waals surface area contributed by atoms with E-state index in [1.807, 2.05) is 44.2 Å². The molecule has 0 spiro atoms. The molecule has 3 N–H and O–H groups in total. The number of hydrogen-bond acceptors (Lipinski definition) is 8. The summed E-state index contributed by atoms with van der Waals surface area (Å²) in [5.41, 5.74) is 2.86. The molecule has 0 amide bonds. The van der Waals surface area contributed by atoms with E-state index in [1.165, 1.54) is 10.4 Å². The van der Waals surface area contributed by atoms with Crippen LogP contribution in [0.4, 0.5) is 11.4 Å². The number of aromatic nitrogens is 1. The highest BCUT2D eigenvalue weighted by molar-refractivity contribution is 7.89. The number of rotatable bonds is 14. The Balaban J connectivity index is 1.59. The number of sulfonamides is 1. The van der Waals surface area contributed by atoms with E-state index >= 15 is 0 Å². The van der Waals surface area contributed by atoms with Gasteiger partial charge in [0.1, 0.15) is 11.4 Å². The number of carboxylic acid groups (broad SMARTS) is 1. The second-order valence-corrected chi connectivity index (χ2v) is 12.5. The minimum absolute atomic E-state index is 0.00449. The molecule has 0 bridgehead atoms. The molecule has 0 radical (unpaired) electrons.